The number of thioether (sulfide) groups is 1. The first-order valence-corrected chi connectivity index (χ1v) is 14.3. The minimum Gasteiger partial charge on any atom is -0.466 e. The first-order chi connectivity index (χ1) is 17.7. The predicted molar refractivity (Wildman–Crippen MR) is 147 cm³/mol. The van der Waals surface area contributed by atoms with Gasteiger partial charge in [-0.25, -0.2) is 0 Å². The van der Waals surface area contributed by atoms with E-state index in [4.69, 9.17) is 16.3 Å². The number of rotatable bonds is 11. The molecule has 1 N–H and O–H groups in total. The van der Waals surface area contributed by atoms with E-state index < -0.39 is 27.4 Å². The van der Waals surface area contributed by atoms with E-state index >= 15 is 0 Å². The molecular weight excluding hydrogens is 512 g/mol. The molecule has 3 saturated heterocycles. The van der Waals surface area contributed by atoms with E-state index in [1.54, 1.807) is 40.6 Å². The molecule has 0 radical (unpaired) electrons. The second-order valence-corrected chi connectivity index (χ2v) is 12.7. The zero-order chi connectivity index (χ0) is 27.0. The number of nitrogens with zero attached hydrogens (tertiary/aromatic N) is 2. The number of ether oxygens (including phenoxy) is 1. The minimum absolute atomic E-state index is 0.0842. The maximum Gasteiger partial charge on any atom is 0.311 e. The molecule has 7 nitrogen and oxygen atoms in total. The lowest BCUT2D eigenvalue weighted by molar-refractivity contribution is -0.155. The molecule has 2 unspecified atom stereocenters. The van der Waals surface area contributed by atoms with Crippen LogP contribution >= 0.6 is 23.4 Å². The highest BCUT2D eigenvalue weighted by atomic mass is 35.5. The molecule has 3 aliphatic heterocycles. The van der Waals surface area contributed by atoms with Crippen molar-refractivity contribution in [1.29, 1.82) is 0 Å². The Hall–Kier alpha value is -2.03. The minimum atomic E-state index is -0.735. The molecule has 3 heterocycles. The number of aliphatic hydroxyl groups is 1. The van der Waals surface area contributed by atoms with Crippen molar-refractivity contribution in [3.8, 4) is 0 Å². The van der Waals surface area contributed by atoms with Crippen LogP contribution < -0.4 is 4.90 Å². The van der Waals surface area contributed by atoms with Crippen molar-refractivity contribution in [2.24, 2.45) is 11.8 Å². The van der Waals surface area contributed by atoms with Crippen LogP contribution in [0.3, 0.4) is 0 Å². The van der Waals surface area contributed by atoms with Crippen molar-refractivity contribution in [3.05, 3.63) is 41.4 Å². The van der Waals surface area contributed by atoms with E-state index in [0.29, 0.717) is 36.5 Å². The first-order valence-electron chi connectivity index (χ1n) is 13.1. The summed E-state index contributed by atoms with van der Waals surface area (Å²) in [5.41, 5.74) is 1.47. The number of anilines is 1. The number of aryl methyl sites for hydroxylation is 1. The van der Waals surface area contributed by atoms with Gasteiger partial charge in [0.25, 0.3) is 5.91 Å². The molecule has 0 aromatic heterocycles. The summed E-state index contributed by atoms with van der Waals surface area (Å²) >= 11 is 8.24. The van der Waals surface area contributed by atoms with E-state index in [1.807, 2.05) is 26.0 Å². The topological polar surface area (TPSA) is 87.2 Å². The van der Waals surface area contributed by atoms with Crippen molar-refractivity contribution in [1.82, 2.24) is 4.90 Å². The number of carbonyl (C=O) groups is 3. The van der Waals surface area contributed by atoms with Crippen LogP contribution in [0.25, 0.3) is 0 Å². The Labute approximate surface area is 228 Å². The van der Waals surface area contributed by atoms with Crippen LogP contribution in [0.4, 0.5) is 5.69 Å². The van der Waals surface area contributed by atoms with Gasteiger partial charge in [-0.15, -0.1) is 18.3 Å². The van der Waals surface area contributed by atoms with Crippen LogP contribution in [0.1, 0.15) is 51.5 Å². The maximum atomic E-state index is 14.6. The highest BCUT2D eigenvalue weighted by Crippen LogP contribution is 2.71. The van der Waals surface area contributed by atoms with Gasteiger partial charge in [-0.1, -0.05) is 29.8 Å². The normalized spacial score (nSPS) is 29.9. The van der Waals surface area contributed by atoms with Gasteiger partial charge < -0.3 is 19.6 Å². The molecule has 1 aromatic carbocycles. The highest BCUT2D eigenvalue weighted by Gasteiger charge is 2.77. The molecule has 5 atom stereocenters. The van der Waals surface area contributed by atoms with Gasteiger partial charge in [-0.05, 0) is 64.5 Å². The number of aliphatic hydroxyl groups excluding tert-OH is 1. The average molecular weight is 549 g/mol. The lowest BCUT2D eigenvalue weighted by atomic mass is 9.66. The molecule has 9 heteroatoms. The Morgan fingerprint density at radius 1 is 1.32 bits per heavy atom. The number of benzene rings is 1. The molecule has 3 aliphatic rings. The molecule has 202 valence electrons. The van der Waals surface area contributed by atoms with E-state index in [0.717, 1.165) is 18.4 Å². The van der Waals surface area contributed by atoms with E-state index in [1.165, 1.54) is 0 Å². The third kappa shape index (κ3) is 4.59. The summed E-state index contributed by atoms with van der Waals surface area (Å²) in [6.07, 6.45) is 5.12. The number of unbranched alkanes of at least 4 members (excludes halogenated alkanes) is 2. The lowest BCUT2D eigenvalue weighted by Gasteiger charge is -2.37. The number of hydrogen-bond acceptors (Lipinski definition) is 6. The number of halogens is 1. The van der Waals surface area contributed by atoms with Gasteiger partial charge in [-0.2, -0.15) is 0 Å². The number of fused-ring (bicyclic) bond motifs is 1. The summed E-state index contributed by atoms with van der Waals surface area (Å²) in [7, 11) is 0. The Kier molecular flexibility index (Phi) is 8.31. The number of amides is 2. The zero-order valence-corrected chi connectivity index (χ0v) is 23.4. The quantitative estimate of drug-likeness (QED) is 0.251. The largest absolute Gasteiger partial charge is 0.466 e. The number of likely N-dealkylation sites (tertiary alicyclic amines) is 1. The Bertz CT molecular complexity index is 1060. The van der Waals surface area contributed by atoms with Crippen LogP contribution in [0.2, 0.25) is 5.02 Å². The maximum absolute atomic E-state index is 14.6. The summed E-state index contributed by atoms with van der Waals surface area (Å²) in [5.74, 6) is -1.90. The number of carbonyl (C=O) groups excluding carboxylic acids is 3. The van der Waals surface area contributed by atoms with Gasteiger partial charge in [-0.3, -0.25) is 14.4 Å². The van der Waals surface area contributed by atoms with Crippen molar-refractivity contribution >= 4 is 46.8 Å². The number of para-hydroxylation sites is 1. The fourth-order valence-electron chi connectivity index (χ4n) is 6.64. The third-order valence-electron chi connectivity index (χ3n) is 8.14. The Morgan fingerprint density at radius 2 is 2.08 bits per heavy atom. The molecule has 2 bridgehead atoms. The van der Waals surface area contributed by atoms with Crippen LogP contribution in [0.5, 0.6) is 0 Å². The van der Waals surface area contributed by atoms with E-state index in [9.17, 15) is 19.5 Å². The van der Waals surface area contributed by atoms with Gasteiger partial charge in [0.1, 0.15) is 6.04 Å². The fraction of sp³-hybridized carbons (Fsp3) is 0.607. The second kappa shape index (κ2) is 11.0. The molecule has 1 aromatic rings. The smallest absolute Gasteiger partial charge is 0.311 e. The lowest BCUT2D eigenvalue weighted by Crippen LogP contribution is -2.55. The standard InChI is InChI=1S/C28H37ClN2O5S/c1-5-15-30(22-18(3)11-10-12-19(22)29)25(34)23-28-14-13-27(4,37-28)21(26(35)36-6-2)20(28)24(33)31(23)16-8-7-9-17-32/h5,10-12,20-21,23,32H,1,6-9,13-17H2,2-4H3/t20-,21+,23?,27-,28?/m0/s1. The first kappa shape index (κ1) is 28.0. The zero-order valence-electron chi connectivity index (χ0n) is 21.9. The average Bonchev–Trinajstić information content (AvgIpc) is 3.41. The van der Waals surface area contributed by atoms with Crippen molar-refractivity contribution < 1.29 is 24.2 Å². The van der Waals surface area contributed by atoms with E-state index in [2.05, 4.69) is 6.58 Å². The van der Waals surface area contributed by atoms with Crippen molar-refractivity contribution in [3.63, 3.8) is 0 Å². The van der Waals surface area contributed by atoms with E-state index in [-0.39, 0.29) is 37.5 Å². The van der Waals surface area contributed by atoms with Crippen LogP contribution in [-0.2, 0) is 19.1 Å². The summed E-state index contributed by atoms with van der Waals surface area (Å²) in [4.78, 5) is 45.2. The molecule has 0 aliphatic carbocycles. The van der Waals surface area contributed by atoms with Gasteiger partial charge in [0, 0.05) is 24.4 Å². The second-order valence-electron chi connectivity index (χ2n) is 10.4. The van der Waals surface area contributed by atoms with Gasteiger partial charge in [0.2, 0.25) is 5.91 Å². The molecule has 4 rings (SSSR count). The van der Waals surface area contributed by atoms with Gasteiger partial charge in [0.15, 0.2) is 0 Å². The predicted octanol–water partition coefficient (Wildman–Crippen LogP) is 4.37. The summed E-state index contributed by atoms with van der Waals surface area (Å²) in [5, 5.41) is 9.69. The summed E-state index contributed by atoms with van der Waals surface area (Å²) in [6, 6.07) is 4.78. The Balaban J connectivity index is 1.79. The van der Waals surface area contributed by atoms with Crippen molar-refractivity contribution in [2.75, 3.05) is 31.2 Å². The van der Waals surface area contributed by atoms with Gasteiger partial charge in [0.05, 0.1) is 33.9 Å². The summed E-state index contributed by atoms with van der Waals surface area (Å²) in [6.45, 7) is 10.6. The SMILES string of the molecule is C=CCN(C(=O)C1N(CCCCCO)C(=O)[C@@H]2[C@H](C(=O)OCC)[C@]3(C)CCC12S3)c1c(C)cccc1Cl. The third-order valence-corrected chi connectivity index (χ3v) is 10.4. The molecule has 0 saturated carbocycles. The molecule has 37 heavy (non-hydrogen) atoms. The Morgan fingerprint density at radius 3 is 2.73 bits per heavy atom. The molecular formula is C28H37ClN2O5S. The van der Waals surface area contributed by atoms with Crippen LogP contribution in [0.15, 0.2) is 30.9 Å². The molecule has 1 spiro atoms. The number of esters is 1. The highest BCUT2D eigenvalue weighted by molar-refractivity contribution is 8.02. The van der Waals surface area contributed by atoms with Crippen LogP contribution in [-0.4, -0.2) is 69.6 Å². The van der Waals surface area contributed by atoms with Crippen LogP contribution in [0, 0.1) is 18.8 Å². The summed E-state index contributed by atoms with van der Waals surface area (Å²) < 4.78 is 4.27. The van der Waals surface area contributed by atoms with Crippen molar-refractivity contribution in [2.45, 2.75) is 68.4 Å². The molecule has 2 amide bonds. The van der Waals surface area contributed by atoms with Gasteiger partial charge >= 0.3 is 5.97 Å². The monoisotopic (exact) mass is 548 g/mol. The molecule has 3 fully saturated rings. The fourth-order valence-corrected chi connectivity index (χ4v) is 9.30. The number of hydrogen-bond donors (Lipinski definition) is 1.